The number of amides is 2. The maximum Gasteiger partial charge on any atom is 0.258 e. The van der Waals surface area contributed by atoms with Gasteiger partial charge < -0.3 is 0 Å². The van der Waals surface area contributed by atoms with E-state index in [9.17, 15) is 9.59 Å². The van der Waals surface area contributed by atoms with Crippen LogP contribution in [0.5, 0.6) is 0 Å². The average Bonchev–Trinajstić information content (AvgIpc) is 2.80. The number of nitrogens with zero attached hydrogens (tertiary/aromatic N) is 2. The van der Waals surface area contributed by atoms with Crippen molar-refractivity contribution in [2.75, 3.05) is 0 Å². The minimum Gasteiger partial charge on any atom is -0.288 e. The molecule has 3 rings (SSSR count). The molecule has 0 saturated carbocycles. The van der Waals surface area contributed by atoms with Gasteiger partial charge in [0, 0.05) is 29.9 Å². The van der Waals surface area contributed by atoms with E-state index >= 15 is 0 Å². The molecule has 0 unspecified atom stereocenters. The zero-order valence-electron chi connectivity index (χ0n) is 10.3. The molecule has 5 nitrogen and oxygen atoms in total. The minimum absolute atomic E-state index is 0.357. The van der Waals surface area contributed by atoms with E-state index in [2.05, 4.69) is 10.4 Å². The maximum atomic E-state index is 12.0. The molecule has 94 valence electrons. The van der Waals surface area contributed by atoms with Crippen LogP contribution in [0, 0.1) is 0 Å². The molecule has 0 radical (unpaired) electrons. The van der Waals surface area contributed by atoms with Crippen LogP contribution in [-0.2, 0) is 11.8 Å². The van der Waals surface area contributed by atoms with E-state index < -0.39 is 0 Å². The normalized spacial score (nSPS) is 16.4. The number of benzene rings is 1. The van der Waals surface area contributed by atoms with Crippen molar-refractivity contribution >= 4 is 23.5 Å². The van der Waals surface area contributed by atoms with Crippen molar-refractivity contribution in [2.45, 2.75) is 0 Å². The molecule has 19 heavy (non-hydrogen) atoms. The van der Waals surface area contributed by atoms with Crippen molar-refractivity contribution < 1.29 is 9.59 Å². The lowest BCUT2D eigenvalue weighted by Crippen LogP contribution is -2.36. The average molecular weight is 253 g/mol. The third-order valence-electron chi connectivity index (χ3n) is 2.97. The molecule has 1 aliphatic heterocycles. The standard InChI is InChI=1S/C14H11N3O2/c1-17-8-9(7-15-17)6-12-10-4-2-3-5-11(10)13(18)16-14(12)19/h2-8H,1H3,(H,16,18,19). The molecule has 0 saturated heterocycles. The Morgan fingerprint density at radius 2 is 1.89 bits per heavy atom. The zero-order chi connectivity index (χ0) is 13.4. The topological polar surface area (TPSA) is 64.0 Å². The van der Waals surface area contributed by atoms with Crippen LogP contribution in [0.15, 0.2) is 36.7 Å². The van der Waals surface area contributed by atoms with Gasteiger partial charge >= 0.3 is 0 Å². The molecular weight excluding hydrogens is 242 g/mol. The number of hydrogen-bond donors (Lipinski definition) is 1. The molecule has 1 aromatic heterocycles. The first kappa shape index (κ1) is 11.4. The highest BCUT2D eigenvalue weighted by Gasteiger charge is 2.26. The molecule has 0 aliphatic carbocycles. The Labute approximate surface area is 109 Å². The first-order chi connectivity index (χ1) is 9.15. The van der Waals surface area contributed by atoms with Gasteiger partial charge in [-0.1, -0.05) is 18.2 Å². The van der Waals surface area contributed by atoms with E-state index in [1.165, 1.54) is 0 Å². The van der Waals surface area contributed by atoms with E-state index in [0.717, 1.165) is 5.56 Å². The number of aromatic nitrogens is 2. The zero-order valence-corrected chi connectivity index (χ0v) is 10.3. The van der Waals surface area contributed by atoms with Gasteiger partial charge in [-0.25, -0.2) is 0 Å². The predicted octanol–water partition coefficient (Wildman–Crippen LogP) is 1.23. The molecule has 0 atom stereocenters. The summed E-state index contributed by atoms with van der Waals surface area (Å²) in [6.07, 6.45) is 5.20. The third kappa shape index (κ3) is 1.95. The van der Waals surface area contributed by atoms with Gasteiger partial charge in [0.25, 0.3) is 11.8 Å². The van der Waals surface area contributed by atoms with E-state index in [4.69, 9.17) is 0 Å². The van der Waals surface area contributed by atoms with Gasteiger partial charge in [-0.05, 0) is 17.7 Å². The molecule has 5 heteroatoms. The Hall–Kier alpha value is -2.69. The fourth-order valence-electron chi connectivity index (χ4n) is 2.10. The summed E-state index contributed by atoms with van der Waals surface area (Å²) in [7, 11) is 1.81. The minimum atomic E-state index is -0.382. The van der Waals surface area contributed by atoms with Gasteiger partial charge in [0.1, 0.15) is 0 Å². The molecule has 0 spiro atoms. The number of imide groups is 1. The largest absolute Gasteiger partial charge is 0.288 e. The lowest BCUT2D eigenvalue weighted by Gasteiger charge is -2.17. The lowest BCUT2D eigenvalue weighted by atomic mass is 9.94. The number of carbonyl (C=O) groups excluding carboxylic acids is 2. The quantitative estimate of drug-likeness (QED) is 0.614. The van der Waals surface area contributed by atoms with Crippen LogP contribution in [0.4, 0.5) is 0 Å². The van der Waals surface area contributed by atoms with Crippen LogP contribution >= 0.6 is 0 Å². The second-order valence-electron chi connectivity index (χ2n) is 4.33. The Kier molecular flexibility index (Phi) is 2.52. The van der Waals surface area contributed by atoms with Gasteiger partial charge in [0.15, 0.2) is 0 Å². The first-order valence-corrected chi connectivity index (χ1v) is 5.80. The third-order valence-corrected chi connectivity index (χ3v) is 2.97. The fourth-order valence-corrected chi connectivity index (χ4v) is 2.10. The number of nitrogens with one attached hydrogen (secondary N) is 1. The fraction of sp³-hybridized carbons (Fsp3) is 0.0714. The van der Waals surface area contributed by atoms with Gasteiger partial charge in [-0.3, -0.25) is 19.6 Å². The Bertz CT molecular complexity index is 713. The Morgan fingerprint density at radius 3 is 2.58 bits per heavy atom. The Morgan fingerprint density at radius 1 is 1.16 bits per heavy atom. The van der Waals surface area contributed by atoms with Crippen LogP contribution in [0.1, 0.15) is 21.5 Å². The van der Waals surface area contributed by atoms with Crippen LogP contribution < -0.4 is 5.32 Å². The van der Waals surface area contributed by atoms with Crippen molar-refractivity contribution in [1.82, 2.24) is 15.1 Å². The highest BCUT2D eigenvalue weighted by atomic mass is 16.2. The highest BCUT2D eigenvalue weighted by Crippen LogP contribution is 2.25. The first-order valence-electron chi connectivity index (χ1n) is 5.80. The molecule has 2 aromatic rings. The molecule has 2 amide bonds. The van der Waals surface area contributed by atoms with Crippen molar-refractivity contribution in [2.24, 2.45) is 7.05 Å². The number of aryl methyl sites for hydroxylation is 1. The second kappa shape index (κ2) is 4.20. The van der Waals surface area contributed by atoms with Crippen molar-refractivity contribution in [3.8, 4) is 0 Å². The summed E-state index contributed by atoms with van der Waals surface area (Å²) < 4.78 is 1.66. The summed E-state index contributed by atoms with van der Waals surface area (Å²) >= 11 is 0. The van der Waals surface area contributed by atoms with Crippen molar-refractivity contribution in [1.29, 1.82) is 0 Å². The van der Waals surface area contributed by atoms with Crippen molar-refractivity contribution in [3.63, 3.8) is 0 Å². The molecule has 0 fully saturated rings. The van der Waals surface area contributed by atoms with Gasteiger partial charge in [0.2, 0.25) is 0 Å². The van der Waals surface area contributed by atoms with Gasteiger partial charge in [-0.2, -0.15) is 5.10 Å². The van der Waals surface area contributed by atoms with Crippen molar-refractivity contribution in [3.05, 3.63) is 53.3 Å². The molecular formula is C14H11N3O2. The van der Waals surface area contributed by atoms with Crippen LogP contribution in [0.3, 0.4) is 0 Å². The van der Waals surface area contributed by atoms with Crippen LogP contribution in [-0.4, -0.2) is 21.6 Å². The molecule has 0 bridgehead atoms. The molecule has 1 N–H and O–H groups in total. The SMILES string of the molecule is Cn1cc(C=C2C(=O)NC(=O)c3ccccc32)cn1. The molecule has 2 heterocycles. The van der Waals surface area contributed by atoms with Gasteiger partial charge in [-0.15, -0.1) is 0 Å². The van der Waals surface area contributed by atoms with Gasteiger partial charge in [0.05, 0.1) is 6.20 Å². The van der Waals surface area contributed by atoms with E-state index in [-0.39, 0.29) is 11.8 Å². The smallest absolute Gasteiger partial charge is 0.258 e. The lowest BCUT2D eigenvalue weighted by molar-refractivity contribution is -0.114. The summed E-state index contributed by atoms with van der Waals surface area (Å²) in [5.41, 5.74) is 2.46. The summed E-state index contributed by atoms with van der Waals surface area (Å²) in [4.78, 5) is 23.7. The Balaban J connectivity index is 2.15. The number of rotatable bonds is 1. The summed E-state index contributed by atoms with van der Waals surface area (Å²) in [5, 5.41) is 6.39. The van der Waals surface area contributed by atoms with E-state index in [0.29, 0.717) is 16.7 Å². The molecule has 1 aromatic carbocycles. The molecule has 1 aliphatic rings. The number of carbonyl (C=O) groups is 2. The monoisotopic (exact) mass is 253 g/mol. The summed E-state index contributed by atoms with van der Waals surface area (Å²) in [5.74, 6) is -0.739. The van der Waals surface area contributed by atoms with E-state index in [1.807, 2.05) is 6.07 Å². The van der Waals surface area contributed by atoms with Crippen LogP contribution in [0.2, 0.25) is 0 Å². The number of fused-ring (bicyclic) bond motifs is 1. The second-order valence-corrected chi connectivity index (χ2v) is 4.33. The number of hydrogen-bond acceptors (Lipinski definition) is 3. The summed E-state index contributed by atoms with van der Waals surface area (Å²) in [6.45, 7) is 0. The summed E-state index contributed by atoms with van der Waals surface area (Å²) in [6, 6.07) is 7.06. The van der Waals surface area contributed by atoms with E-state index in [1.54, 1.807) is 48.4 Å². The predicted molar refractivity (Wildman–Crippen MR) is 70.0 cm³/mol. The van der Waals surface area contributed by atoms with Crippen LogP contribution in [0.25, 0.3) is 11.6 Å². The maximum absolute atomic E-state index is 12.0. The highest BCUT2D eigenvalue weighted by molar-refractivity contribution is 6.33.